The van der Waals surface area contributed by atoms with E-state index >= 15 is 0 Å². The van der Waals surface area contributed by atoms with Gasteiger partial charge in [-0.05, 0) is 23.8 Å². The van der Waals surface area contributed by atoms with Crippen LogP contribution in [0.2, 0.25) is 0 Å². The molecule has 0 saturated heterocycles. The average Bonchev–Trinajstić information content (AvgIpc) is 2.58. The lowest BCUT2D eigenvalue weighted by Crippen LogP contribution is -2.49. The molecule has 0 heterocycles. The van der Waals surface area contributed by atoms with Crippen LogP contribution in [0.1, 0.15) is 5.56 Å². The van der Waals surface area contributed by atoms with E-state index in [1.165, 1.54) is 24.3 Å². The molecule has 1 rings (SSSR count). The van der Waals surface area contributed by atoms with Crippen LogP contribution in [0.25, 0.3) is 6.08 Å². The van der Waals surface area contributed by atoms with Crippen LogP contribution in [-0.2, 0) is 14.3 Å². The van der Waals surface area contributed by atoms with E-state index in [1.807, 2.05) is 0 Å². The molecule has 0 aliphatic heterocycles. The predicted octanol–water partition coefficient (Wildman–Crippen LogP) is -1.82. The summed E-state index contributed by atoms with van der Waals surface area (Å²) >= 11 is 0. The molecule has 0 bridgehead atoms. The Balaban J connectivity index is 2.53. The van der Waals surface area contributed by atoms with Crippen molar-refractivity contribution in [3.8, 4) is 11.5 Å². The van der Waals surface area contributed by atoms with Crippen LogP contribution in [0.4, 0.5) is 0 Å². The maximum Gasteiger partial charge on any atom is 0.335 e. The van der Waals surface area contributed by atoms with E-state index in [4.69, 9.17) is 15.3 Å². The summed E-state index contributed by atoms with van der Waals surface area (Å²) < 4.78 is 4.60. The van der Waals surface area contributed by atoms with Gasteiger partial charge in [-0.3, -0.25) is 0 Å². The summed E-state index contributed by atoms with van der Waals surface area (Å²) in [6.45, 7) is -0.769. The van der Waals surface area contributed by atoms with Gasteiger partial charge in [-0.25, -0.2) is 9.59 Å². The molecule has 1 aromatic rings. The third-order valence-corrected chi connectivity index (χ3v) is 3.13. The lowest BCUT2D eigenvalue weighted by Gasteiger charge is -2.24. The number of esters is 1. The highest BCUT2D eigenvalue weighted by molar-refractivity contribution is 5.87. The van der Waals surface area contributed by atoms with Crippen molar-refractivity contribution >= 4 is 18.0 Å². The standard InChI is InChI=1S/C15H18O10/c16-8-3-1-7(5-9(8)17)2-4-11(19)25-6-10(18)12(20)13(21)14(22)15(23)24/h1-5,10,12-14,16-18,20-22H,6H2,(H,23,24). The molecule has 7 N–H and O–H groups in total. The van der Waals surface area contributed by atoms with Crippen LogP contribution in [0.5, 0.6) is 11.5 Å². The van der Waals surface area contributed by atoms with Crippen molar-refractivity contribution in [2.45, 2.75) is 24.4 Å². The van der Waals surface area contributed by atoms with Crippen LogP contribution in [0, 0.1) is 0 Å². The molecule has 4 unspecified atom stereocenters. The van der Waals surface area contributed by atoms with Crippen LogP contribution in [0.15, 0.2) is 24.3 Å². The van der Waals surface area contributed by atoms with Gasteiger partial charge in [-0.1, -0.05) is 6.07 Å². The van der Waals surface area contributed by atoms with Crippen molar-refractivity contribution in [3.05, 3.63) is 29.8 Å². The monoisotopic (exact) mass is 358 g/mol. The number of aliphatic hydroxyl groups is 4. The smallest absolute Gasteiger partial charge is 0.335 e. The van der Waals surface area contributed by atoms with E-state index in [-0.39, 0.29) is 11.5 Å². The number of benzene rings is 1. The van der Waals surface area contributed by atoms with Gasteiger partial charge in [0, 0.05) is 6.08 Å². The van der Waals surface area contributed by atoms with Gasteiger partial charge in [-0.15, -0.1) is 0 Å². The highest BCUT2D eigenvalue weighted by Gasteiger charge is 2.34. The number of phenolic OH excluding ortho intramolecular Hbond substituents is 2. The van der Waals surface area contributed by atoms with E-state index in [0.29, 0.717) is 5.56 Å². The number of aliphatic carboxylic acids is 1. The number of hydrogen-bond donors (Lipinski definition) is 7. The molecule has 0 spiro atoms. The molecule has 1 aromatic carbocycles. The molecule has 0 aliphatic carbocycles. The van der Waals surface area contributed by atoms with E-state index in [0.717, 1.165) is 6.08 Å². The molecule has 0 fully saturated rings. The number of carbonyl (C=O) groups is 2. The molecular weight excluding hydrogens is 340 g/mol. The van der Waals surface area contributed by atoms with Crippen molar-refractivity contribution in [3.63, 3.8) is 0 Å². The van der Waals surface area contributed by atoms with Crippen LogP contribution >= 0.6 is 0 Å². The van der Waals surface area contributed by atoms with Crippen molar-refractivity contribution in [1.29, 1.82) is 0 Å². The van der Waals surface area contributed by atoms with E-state index in [1.54, 1.807) is 0 Å². The van der Waals surface area contributed by atoms with Crippen LogP contribution in [0.3, 0.4) is 0 Å². The number of hydrogen-bond acceptors (Lipinski definition) is 9. The topological polar surface area (TPSA) is 185 Å². The Kier molecular flexibility index (Phi) is 7.33. The third kappa shape index (κ3) is 6.04. The first-order valence-electron chi connectivity index (χ1n) is 6.95. The lowest BCUT2D eigenvalue weighted by molar-refractivity contribution is -0.167. The number of aromatic hydroxyl groups is 2. The third-order valence-electron chi connectivity index (χ3n) is 3.13. The average molecular weight is 358 g/mol. The normalized spacial score (nSPS) is 16.2. The van der Waals surface area contributed by atoms with Gasteiger partial charge in [0.2, 0.25) is 0 Å². The zero-order chi connectivity index (χ0) is 19.1. The Bertz CT molecular complexity index is 641. The number of carbonyl (C=O) groups excluding carboxylic acids is 1. The highest BCUT2D eigenvalue weighted by Crippen LogP contribution is 2.25. The first kappa shape index (κ1) is 20.4. The largest absolute Gasteiger partial charge is 0.504 e. The molecule has 10 heteroatoms. The fourth-order valence-corrected chi connectivity index (χ4v) is 1.68. The Labute approximate surface area is 141 Å². The van der Waals surface area contributed by atoms with Crippen molar-refractivity contribution in [2.75, 3.05) is 6.61 Å². The fraction of sp³-hybridized carbons (Fsp3) is 0.333. The van der Waals surface area contributed by atoms with E-state index in [9.17, 15) is 30.0 Å². The van der Waals surface area contributed by atoms with Gasteiger partial charge in [0.05, 0.1) is 0 Å². The number of rotatable bonds is 8. The fourth-order valence-electron chi connectivity index (χ4n) is 1.68. The molecule has 0 aromatic heterocycles. The van der Waals surface area contributed by atoms with Crippen LogP contribution in [-0.4, -0.2) is 78.7 Å². The number of carboxylic acids is 1. The Hall–Kier alpha value is -2.66. The second-order valence-electron chi connectivity index (χ2n) is 5.04. The Morgan fingerprint density at radius 3 is 2.24 bits per heavy atom. The minimum atomic E-state index is -2.32. The SMILES string of the molecule is O=C(C=Cc1ccc(O)c(O)c1)OCC(O)C(O)C(O)C(O)C(=O)O. The summed E-state index contributed by atoms with van der Waals surface area (Å²) in [7, 11) is 0. The summed E-state index contributed by atoms with van der Waals surface area (Å²) in [5, 5.41) is 64.4. The quantitative estimate of drug-likeness (QED) is 0.158. The summed E-state index contributed by atoms with van der Waals surface area (Å²) in [6.07, 6.45) is -6.21. The Morgan fingerprint density at radius 2 is 1.68 bits per heavy atom. The van der Waals surface area contributed by atoms with E-state index < -0.39 is 43.0 Å². The van der Waals surface area contributed by atoms with Crippen molar-refractivity contribution in [2.24, 2.45) is 0 Å². The number of ether oxygens (including phenoxy) is 1. The maximum atomic E-state index is 11.5. The molecule has 4 atom stereocenters. The molecule has 10 nitrogen and oxygen atoms in total. The Morgan fingerprint density at radius 1 is 1.04 bits per heavy atom. The van der Waals surface area contributed by atoms with Gasteiger partial charge in [0.15, 0.2) is 17.6 Å². The molecule has 0 amide bonds. The molecule has 25 heavy (non-hydrogen) atoms. The van der Waals surface area contributed by atoms with Gasteiger partial charge < -0.3 is 40.5 Å². The minimum Gasteiger partial charge on any atom is -0.504 e. The molecule has 0 aliphatic rings. The summed E-state index contributed by atoms with van der Waals surface area (Å²) in [5.74, 6) is -3.46. The highest BCUT2D eigenvalue weighted by atomic mass is 16.5. The zero-order valence-electron chi connectivity index (χ0n) is 12.8. The second-order valence-corrected chi connectivity index (χ2v) is 5.04. The summed E-state index contributed by atoms with van der Waals surface area (Å²) in [5.41, 5.74) is 0.368. The first-order chi connectivity index (χ1) is 11.6. The number of aliphatic hydroxyl groups excluding tert-OH is 4. The molecule has 138 valence electrons. The summed E-state index contributed by atoms with van der Waals surface area (Å²) in [6, 6.07) is 3.79. The molecular formula is C15H18O10. The van der Waals surface area contributed by atoms with Crippen molar-refractivity contribution < 1.29 is 50.1 Å². The van der Waals surface area contributed by atoms with Gasteiger partial charge in [0.1, 0.15) is 24.9 Å². The van der Waals surface area contributed by atoms with E-state index in [2.05, 4.69) is 4.74 Å². The van der Waals surface area contributed by atoms with Crippen molar-refractivity contribution in [1.82, 2.24) is 0 Å². The lowest BCUT2D eigenvalue weighted by atomic mass is 10.0. The first-order valence-corrected chi connectivity index (χ1v) is 6.95. The van der Waals surface area contributed by atoms with Gasteiger partial charge in [0.25, 0.3) is 0 Å². The van der Waals surface area contributed by atoms with Gasteiger partial charge in [-0.2, -0.15) is 0 Å². The minimum absolute atomic E-state index is 0.334. The molecule has 0 radical (unpaired) electrons. The summed E-state index contributed by atoms with van der Waals surface area (Å²) in [4.78, 5) is 22.0. The number of carboxylic acid groups (broad SMARTS) is 1. The van der Waals surface area contributed by atoms with Crippen LogP contribution < -0.4 is 0 Å². The van der Waals surface area contributed by atoms with Gasteiger partial charge >= 0.3 is 11.9 Å². The second kappa shape index (κ2) is 8.99. The number of phenols is 2. The molecule has 0 saturated carbocycles. The maximum absolute atomic E-state index is 11.5. The zero-order valence-corrected chi connectivity index (χ0v) is 12.8. The predicted molar refractivity (Wildman–Crippen MR) is 81.4 cm³/mol.